The van der Waals surface area contributed by atoms with Gasteiger partial charge in [0.15, 0.2) is 11.5 Å². The highest BCUT2D eigenvalue weighted by molar-refractivity contribution is 7.14. The molecule has 0 saturated heterocycles. The number of ether oxygens (including phenoxy) is 2. The van der Waals surface area contributed by atoms with Crippen molar-refractivity contribution >= 4 is 28.6 Å². The first-order valence-electron chi connectivity index (χ1n) is 5.86. The van der Waals surface area contributed by atoms with Crippen molar-refractivity contribution in [3.8, 4) is 11.5 Å². The van der Waals surface area contributed by atoms with Gasteiger partial charge in [0.25, 0.3) is 0 Å². The molecule has 1 N–H and O–H groups in total. The maximum atomic E-state index is 5.95. The van der Waals surface area contributed by atoms with E-state index < -0.39 is 0 Å². The predicted octanol–water partition coefficient (Wildman–Crippen LogP) is 4.59. The Kier molecular flexibility index (Phi) is 4.56. The summed E-state index contributed by atoms with van der Waals surface area (Å²) in [5, 5.41) is 5.47. The molecular formula is C14H16ClNO2S. The van der Waals surface area contributed by atoms with E-state index in [1.54, 1.807) is 14.2 Å². The third-order valence-corrected chi connectivity index (χ3v) is 3.96. The fraction of sp³-hybridized carbons (Fsp3) is 0.286. The van der Waals surface area contributed by atoms with E-state index in [1.165, 1.54) is 16.9 Å². The molecule has 0 aliphatic carbocycles. The van der Waals surface area contributed by atoms with Crippen LogP contribution in [-0.4, -0.2) is 14.2 Å². The monoisotopic (exact) mass is 297 g/mol. The summed E-state index contributed by atoms with van der Waals surface area (Å²) < 4.78 is 11.3. The van der Waals surface area contributed by atoms with Gasteiger partial charge in [-0.2, -0.15) is 0 Å². The zero-order valence-electron chi connectivity index (χ0n) is 11.1. The number of hydrogen-bond donors (Lipinski definition) is 1. The van der Waals surface area contributed by atoms with Gasteiger partial charge in [0.2, 0.25) is 0 Å². The van der Waals surface area contributed by atoms with Crippen LogP contribution in [0.2, 0.25) is 4.34 Å². The maximum Gasteiger partial charge on any atom is 0.162 e. The summed E-state index contributed by atoms with van der Waals surface area (Å²) in [7, 11) is 3.25. The summed E-state index contributed by atoms with van der Waals surface area (Å²) in [6, 6.07) is 7.93. The zero-order valence-corrected chi connectivity index (χ0v) is 12.6. The van der Waals surface area contributed by atoms with Crippen molar-refractivity contribution in [2.45, 2.75) is 13.0 Å². The van der Waals surface area contributed by atoms with Gasteiger partial charge in [0, 0.05) is 17.8 Å². The number of hydrogen-bond acceptors (Lipinski definition) is 4. The number of benzene rings is 1. The molecule has 5 heteroatoms. The second-order valence-corrected chi connectivity index (χ2v) is 5.66. The van der Waals surface area contributed by atoms with E-state index in [1.807, 2.05) is 24.3 Å². The van der Waals surface area contributed by atoms with Crippen molar-refractivity contribution in [3.63, 3.8) is 0 Å². The Balaban J connectivity index is 2.14. The van der Waals surface area contributed by atoms with Crippen molar-refractivity contribution in [2.24, 2.45) is 0 Å². The van der Waals surface area contributed by atoms with Crippen LogP contribution in [0.15, 0.2) is 29.6 Å². The quantitative estimate of drug-likeness (QED) is 0.875. The molecule has 1 unspecified atom stereocenters. The van der Waals surface area contributed by atoms with E-state index in [-0.39, 0.29) is 6.04 Å². The summed E-state index contributed by atoms with van der Waals surface area (Å²) in [4.78, 5) is 0. The number of thiophene rings is 1. The lowest BCUT2D eigenvalue weighted by molar-refractivity contribution is 0.355. The van der Waals surface area contributed by atoms with E-state index in [0.29, 0.717) is 5.75 Å². The first kappa shape index (κ1) is 14.0. The number of nitrogens with one attached hydrogen (secondary N) is 1. The standard InChI is InChI=1S/C14H16ClNO2S/c1-9(10-6-14(15)19-8-10)16-11-4-5-12(17-2)13(7-11)18-3/h4-9,16H,1-3H3. The summed E-state index contributed by atoms with van der Waals surface area (Å²) in [6.45, 7) is 2.09. The van der Waals surface area contributed by atoms with Gasteiger partial charge in [-0.3, -0.25) is 0 Å². The second kappa shape index (κ2) is 6.17. The highest BCUT2D eigenvalue weighted by atomic mass is 35.5. The number of halogens is 1. The van der Waals surface area contributed by atoms with Crippen molar-refractivity contribution < 1.29 is 9.47 Å². The van der Waals surface area contributed by atoms with Crippen molar-refractivity contribution in [1.29, 1.82) is 0 Å². The molecule has 2 aromatic rings. The molecule has 0 aliphatic rings. The molecule has 0 fully saturated rings. The molecule has 0 amide bonds. The van der Waals surface area contributed by atoms with Gasteiger partial charge in [-0.1, -0.05) is 11.6 Å². The van der Waals surface area contributed by atoms with E-state index in [2.05, 4.69) is 17.6 Å². The molecular weight excluding hydrogens is 282 g/mol. The number of rotatable bonds is 5. The molecule has 1 aromatic carbocycles. The van der Waals surface area contributed by atoms with Crippen LogP contribution in [0.25, 0.3) is 0 Å². The van der Waals surface area contributed by atoms with Crippen molar-refractivity contribution in [1.82, 2.24) is 0 Å². The smallest absolute Gasteiger partial charge is 0.162 e. The first-order valence-corrected chi connectivity index (χ1v) is 7.12. The third-order valence-electron chi connectivity index (χ3n) is 2.85. The molecule has 0 saturated carbocycles. The van der Waals surface area contributed by atoms with Gasteiger partial charge in [-0.15, -0.1) is 11.3 Å². The van der Waals surface area contributed by atoms with Crippen molar-refractivity contribution in [3.05, 3.63) is 39.5 Å². The van der Waals surface area contributed by atoms with Crippen LogP contribution in [0.3, 0.4) is 0 Å². The minimum atomic E-state index is 0.182. The molecule has 0 aliphatic heterocycles. The Bertz CT molecular complexity index is 556. The molecule has 19 heavy (non-hydrogen) atoms. The average Bonchev–Trinajstić information content (AvgIpc) is 2.85. The maximum absolute atomic E-state index is 5.95. The van der Waals surface area contributed by atoms with Crippen LogP contribution in [0.1, 0.15) is 18.5 Å². The SMILES string of the molecule is COc1ccc(NC(C)c2csc(Cl)c2)cc1OC. The lowest BCUT2D eigenvalue weighted by Gasteiger charge is -2.16. The van der Waals surface area contributed by atoms with E-state index in [9.17, 15) is 0 Å². The fourth-order valence-corrected chi connectivity index (χ4v) is 2.79. The van der Waals surface area contributed by atoms with Gasteiger partial charge in [0.1, 0.15) is 0 Å². The molecule has 0 radical (unpaired) electrons. The predicted molar refractivity (Wildman–Crippen MR) is 80.9 cm³/mol. The average molecular weight is 298 g/mol. The molecule has 1 aromatic heterocycles. The summed E-state index contributed by atoms with van der Waals surface area (Å²) in [5.41, 5.74) is 2.15. The Hall–Kier alpha value is -1.39. The lowest BCUT2D eigenvalue weighted by atomic mass is 10.1. The molecule has 1 atom stereocenters. The fourth-order valence-electron chi connectivity index (χ4n) is 1.81. The minimum Gasteiger partial charge on any atom is -0.493 e. The minimum absolute atomic E-state index is 0.182. The van der Waals surface area contributed by atoms with Gasteiger partial charge >= 0.3 is 0 Å². The van der Waals surface area contributed by atoms with Crippen LogP contribution >= 0.6 is 22.9 Å². The highest BCUT2D eigenvalue weighted by Gasteiger charge is 2.10. The topological polar surface area (TPSA) is 30.5 Å². The van der Waals surface area contributed by atoms with Gasteiger partial charge in [-0.25, -0.2) is 0 Å². The summed E-state index contributed by atoms with van der Waals surface area (Å²) >= 11 is 7.49. The van der Waals surface area contributed by atoms with Crippen LogP contribution in [0.5, 0.6) is 11.5 Å². The number of anilines is 1. The van der Waals surface area contributed by atoms with E-state index in [4.69, 9.17) is 21.1 Å². The first-order chi connectivity index (χ1) is 9.13. The molecule has 0 spiro atoms. The Morgan fingerprint density at radius 1 is 1.16 bits per heavy atom. The van der Waals surface area contributed by atoms with Crippen LogP contribution in [0.4, 0.5) is 5.69 Å². The molecule has 0 bridgehead atoms. The molecule has 1 heterocycles. The van der Waals surface area contributed by atoms with Crippen LogP contribution in [0, 0.1) is 0 Å². The largest absolute Gasteiger partial charge is 0.493 e. The van der Waals surface area contributed by atoms with Crippen LogP contribution in [-0.2, 0) is 0 Å². The third kappa shape index (κ3) is 3.33. The second-order valence-electron chi connectivity index (χ2n) is 4.12. The summed E-state index contributed by atoms with van der Waals surface area (Å²) in [5.74, 6) is 1.43. The van der Waals surface area contributed by atoms with Gasteiger partial charge in [0.05, 0.1) is 18.6 Å². The van der Waals surface area contributed by atoms with Crippen LogP contribution < -0.4 is 14.8 Å². The van der Waals surface area contributed by atoms with Crippen molar-refractivity contribution in [2.75, 3.05) is 19.5 Å². The highest BCUT2D eigenvalue weighted by Crippen LogP contribution is 2.32. The number of methoxy groups -OCH3 is 2. The molecule has 102 valence electrons. The zero-order chi connectivity index (χ0) is 13.8. The molecule has 2 rings (SSSR count). The summed E-state index contributed by atoms with van der Waals surface area (Å²) in [6.07, 6.45) is 0. The lowest BCUT2D eigenvalue weighted by Crippen LogP contribution is -2.05. The van der Waals surface area contributed by atoms with Gasteiger partial charge < -0.3 is 14.8 Å². The normalized spacial score (nSPS) is 12.0. The van der Waals surface area contributed by atoms with E-state index in [0.717, 1.165) is 15.8 Å². The Labute approximate surface area is 122 Å². The Morgan fingerprint density at radius 2 is 1.89 bits per heavy atom. The van der Waals surface area contributed by atoms with Gasteiger partial charge in [-0.05, 0) is 36.1 Å². The molecule has 3 nitrogen and oxygen atoms in total. The van der Waals surface area contributed by atoms with E-state index >= 15 is 0 Å². The Morgan fingerprint density at radius 3 is 2.47 bits per heavy atom.